The number of rotatable bonds is 9. The van der Waals surface area contributed by atoms with Gasteiger partial charge >= 0.3 is 0 Å². The number of hydrogen-bond acceptors (Lipinski definition) is 7. The number of thiazole rings is 1. The van der Waals surface area contributed by atoms with Gasteiger partial charge in [0.15, 0.2) is 11.1 Å². The Bertz CT molecular complexity index is 705. The lowest BCUT2D eigenvalue weighted by Crippen LogP contribution is -2.42. The zero-order valence-electron chi connectivity index (χ0n) is 16.6. The van der Waals surface area contributed by atoms with E-state index in [4.69, 9.17) is 4.74 Å². The van der Waals surface area contributed by atoms with Crippen LogP contribution >= 0.6 is 35.3 Å². The Labute approximate surface area is 188 Å². The molecule has 0 spiro atoms. The first kappa shape index (κ1) is 25.3. The standard InChI is InChI=1S/C16H30N6O3S2.HI/c1-17-15(19-10-13-12-26-16(21-13)22(2)3)18-7-9-27(23,24)20-11-14-6-4-5-8-25-14;/h12,14,20H,4-11H2,1-3H3,(H2,17,18,19);1H. The van der Waals surface area contributed by atoms with Gasteiger partial charge in [0, 0.05) is 46.2 Å². The highest BCUT2D eigenvalue weighted by Crippen LogP contribution is 2.17. The maximum Gasteiger partial charge on any atom is 0.213 e. The maximum absolute atomic E-state index is 12.1. The molecule has 0 bridgehead atoms. The van der Waals surface area contributed by atoms with Crippen LogP contribution in [0.25, 0.3) is 0 Å². The summed E-state index contributed by atoms with van der Waals surface area (Å²) >= 11 is 1.57. The van der Waals surface area contributed by atoms with Crippen molar-refractivity contribution in [3.8, 4) is 0 Å². The number of guanidine groups is 1. The predicted octanol–water partition coefficient (Wildman–Crippen LogP) is 0.981. The number of sulfonamides is 1. The lowest BCUT2D eigenvalue weighted by Gasteiger charge is -2.22. The van der Waals surface area contributed by atoms with E-state index in [1.807, 2.05) is 24.4 Å². The topological polar surface area (TPSA) is 108 Å². The van der Waals surface area contributed by atoms with E-state index in [9.17, 15) is 8.42 Å². The molecule has 1 saturated heterocycles. The second kappa shape index (κ2) is 12.8. The first-order chi connectivity index (χ1) is 12.9. The molecule has 12 heteroatoms. The quantitative estimate of drug-likeness (QED) is 0.241. The zero-order valence-corrected chi connectivity index (χ0v) is 20.6. The van der Waals surface area contributed by atoms with Crippen molar-refractivity contribution >= 4 is 56.4 Å². The van der Waals surface area contributed by atoms with Gasteiger partial charge in [-0.25, -0.2) is 18.1 Å². The van der Waals surface area contributed by atoms with Crippen LogP contribution in [0.3, 0.4) is 0 Å². The molecule has 1 atom stereocenters. The number of nitrogens with one attached hydrogen (secondary N) is 3. The molecule has 0 aliphatic carbocycles. The van der Waals surface area contributed by atoms with Crippen LogP contribution in [0.4, 0.5) is 5.13 Å². The summed E-state index contributed by atoms with van der Waals surface area (Å²) in [6.45, 7) is 1.84. The van der Waals surface area contributed by atoms with Gasteiger partial charge in [-0.15, -0.1) is 35.3 Å². The van der Waals surface area contributed by atoms with Crippen molar-refractivity contribution in [1.29, 1.82) is 0 Å². The molecule has 28 heavy (non-hydrogen) atoms. The minimum atomic E-state index is -3.35. The molecule has 1 unspecified atom stereocenters. The molecule has 0 radical (unpaired) electrons. The fraction of sp³-hybridized carbons (Fsp3) is 0.750. The van der Waals surface area contributed by atoms with Crippen LogP contribution in [0.2, 0.25) is 0 Å². The van der Waals surface area contributed by atoms with Crippen LogP contribution in [0.15, 0.2) is 10.4 Å². The van der Waals surface area contributed by atoms with Crippen molar-refractivity contribution < 1.29 is 13.2 Å². The molecule has 2 rings (SSSR count). The van der Waals surface area contributed by atoms with Crippen molar-refractivity contribution in [1.82, 2.24) is 20.3 Å². The van der Waals surface area contributed by atoms with E-state index < -0.39 is 10.0 Å². The van der Waals surface area contributed by atoms with E-state index >= 15 is 0 Å². The molecule has 162 valence electrons. The van der Waals surface area contributed by atoms with E-state index in [-0.39, 0.29) is 42.4 Å². The normalized spacial score (nSPS) is 17.7. The third kappa shape index (κ3) is 9.20. The lowest BCUT2D eigenvalue weighted by atomic mass is 10.1. The van der Waals surface area contributed by atoms with Crippen molar-refractivity contribution in [3.63, 3.8) is 0 Å². The number of nitrogens with zero attached hydrogens (tertiary/aromatic N) is 3. The van der Waals surface area contributed by atoms with Gasteiger partial charge in [0.05, 0.1) is 24.1 Å². The third-order valence-electron chi connectivity index (χ3n) is 4.05. The number of aliphatic imine (C=N–C) groups is 1. The van der Waals surface area contributed by atoms with Gasteiger partial charge in [-0.1, -0.05) is 0 Å². The van der Waals surface area contributed by atoms with Crippen LogP contribution in [-0.2, 0) is 21.3 Å². The van der Waals surface area contributed by atoms with Crippen molar-refractivity contribution in [2.24, 2.45) is 4.99 Å². The minimum Gasteiger partial charge on any atom is -0.377 e. The molecule has 1 aromatic heterocycles. The van der Waals surface area contributed by atoms with Gasteiger partial charge < -0.3 is 20.3 Å². The second-order valence-corrected chi connectivity index (χ2v) is 9.29. The van der Waals surface area contributed by atoms with Gasteiger partial charge in [-0.2, -0.15) is 0 Å². The Morgan fingerprint density at radius 2 is 2.18 bits per heavy atom. The fourth-order valence-electron chi connectivity index (χ4n) is 2.54. The molecule has 2 heterocycles. The average molecular weight is 547 g/mol. The molecule has 1 aromatic rings. The SMILES string of the molecule is CN=C(NCCS(=O)(=O)NCC1CCCCO1)NCc1csc(N(C)C)n1.I. The molecule has 1 aliphatic rings. The minimum absolute atomic E-state index is 0. The molecular formula is C16H31IN6O3S2. The largest absolute Gasteiger partial charge is 0.377 e. The van der Waals surface area contributed by atoms with Gasteiger partial charge in [0.2, 0.25) is 10.0 Å². The van der Waals surface area contributed by atoms with E-state index in [0.29, 0.717) is 25.7 Å². The highest BCUT2D eigenvalue weighted by Gasteiger charge is 2.17. The predicted molar refractivity (Wildman–Crippen MR) is 125 cm³/mol. The molecule has 0 aromatic carbocycles. The number of hydrogen-bond donors (Lipinski definition) is 3. The highest BCUT2D eigenvalue weighted by atomic mass is 127. The van der Waals surface area contributed by atoms with Crippen molar-refractivity contribution in [2.75, 3.05) is 51.5 Å². The molecule has 1 fully saturated rings. The second-order valence-electron chi connectivity index (χ2n) is 6.52. The van der Waals surface area contributed by atoms with Crippen molar-refractivity contribution in [2.45, 2.75) is 31.9 Å². The number of anilines is 1. The summed E-state index contributed by atoms with van der Waals surface area (Å²) in [6, 6.07) is 0. The van der Waals surface area contributed by atoms with Crippen LogP contribution in [0, 0.1) is 0 Å². The van der Waals surface area contributed by atoms with Crippen molar-refractivity contribution in [3.05, 3.63) is 11.1 Å². The zero-order chi connectivity index (χ0) is 19.7. The van der Waals surface area contributed by atoms with E-state index in [2.05, 4.69) is 25.3 Å². The summed E-state index contributed by atoms with van der Waals surface area (Å²) in [6.07, 6.45) is 3.03. The first-order valence-electron chi connectivity index (χ1n) is 9.05. The van der Waals surface area contributed by atoms with Gasteiger partial charge in [-0.3, -0.25) is 4.99 Å². The van der Waals surface area contributed by atoms with E-state index in [1.165, 1.54) is 0 Å². The monoisotopic (exact) mass is 546 g/mol. The van der Waals surface area contributed by atoms with Crippen LogP contribution in [0.1, 0.15) is 25.0 Å². The Morgan fingerprint density at radius 3 is 2.79 bits per heavy atom. The van der Waals surface area contributed by atoms with E-state index in [0.717, 1.165) is 30.1 Å². The summed E-state index contributed by atoms with van der Waals surface area (Å²) < 4.78 is 32.4. The maximum atomic E-state index is 12.1. The van der Waals surface area contributed by atoms with Gasteiger partial charge in [0.1, 0.15) is 0 Å². The molecule has 3 N–H and O–H groups in total. The molecule has 9 nitrogen and oxygen atoms in total. The Morgan fingerprint density at radius 1 is 1.39 bits per heavy atom. The molecule has 1 aliphatic heterocycles. The number of aromatic nitrogens is 1. The lowest BCUT2D eigenvalue weighted by molar-refractivity contribution is 0.0200. The third-order valence-corrected chi connectivity index (χ3v) is 6.46. The molecular weight excluding hydrogens is 515 g/mol. The fourth-order valence-corrected chi connectivity index (χ4v) is 4.26. The Hall–Kier alpha value is -0.700. The summed E-state index contributed by atoms with van der Waals surface area (Å²) in [5, 5.41) is 9.08. The van der Waals surface area contributed by atoms with E-state index in [1.54, 1.807) is 18.4 Å². The average Bonchev–Trinajstić information content (AvgIpc) is 3.13. The number of halogens is 1. The smallest absolute Gasteiger partial charge is 0.213 e. The molecule has 0 saturated carbocycles. The molecule has 0 amide bonds. The summed E-state index contributed by atoms with van der Waals surface area (Å²) in [4.78, 5) is 10.5. The Kier molecular flexibility index (Phi) is 11.6. The summed E-state index contributed by atoms with van der Waals surface area (Å²) in [5.41, 5.74) is 0.911. The van der Waals surface area contributed by atoms with Crippen LogP contribution < -0.4 is 20.3 Å². The van der Waals surface area contributed by atoms with Crippen LogP contribution in [-0.4, -0.2) is 72.1 Å². The first-order valence-corrected chi connectivity index (χ1v) is 11.6. The number of ether oxygens (including phenoxy) is 1. The van der Waals surface area contributed by atoms with Gasteiger partial charge in [0.25, 0.3) is 0 Å². The summed E-state index contributed by atoms with van der Waals surface area (Å²) in [5.74, 6) is 0.516. The highest BCUT2D eigenvalue weighted by molar-refractivity contribution is 14.0. The van der Waals surface area contributed by atoms with Crippen LogP contribution in [0.5, 0.6) is 0 Å². The Balaban J connectivity index is 0.00000392. The van der Waals surface area contributed by atoms with Gasteiger partial charge in [-0.05, 0) is 19.3 Å². The summed E-state index contributed by atoms with van der Waals surface area (Å²) in [7, 11) is 2.20.